The van der Waals surface area contributed by atoms with Crippen molar-refractivity contribution in [1.29, 1.82) is 0 Å². The Hall–Kier alpha value is -3.43. The molecule has 1 atom stereocenters. The Morgan fingerprint density at radius 3 is 2.97 bits per heavy atom. The molecule has 1 amide bonds. The number of morpholine rings is 1. The number of carbonyl (C=O) groups excluding carboxylic acids is 1. The Balaban J connectivity index is 1.24. The van der Waals surface area contributed by atoms with Gasteiger partial charge >= 0.3 is 0 Å². The molecule has 5 rings (SSSR count). The van der Waals surface area contributed by atoms with Crippen molar-refractivity contribution in [2.45, 2.75) is 6.10 Å². The number of pyridine rings is 1. The number of para-hydroxylation sites is 1. The molecule has 1 saturated heterocycles. The second-order valence-corrected chi connectivity index (χ2v) is 7.88. The predicted octanol–water partition coefficient (Wildman–Crippen LogP) is 3.07. The van der Waals surface area contributed by atoms with Gasteiger partial charge in [0.15, 0.2) is 0 Å². The molecular weight excluding hydrogens is 414 g/mol. The van der Waals surface area contributed by atoms with Gasteiger partial charge in [-0.2, -0.15) is 0 Å². The van der Waals surface area contributed by atoms with Crippen LogP contribution < -0.4 is 4.74 Å². The number of rotatable bonds is 5. The van der Waals surface area contributed by atoms with Crippen LogP contribution in [-0.4, -0.2) is 63.2 Å². The number of benzene rings is 1. The van der Waals surface area contributed by atoms with Crippen molar-refractivity contribution in [1.82, 2.24) is 24.8 Å². The van der Waals surface area contributed by atoms with Crippen molar-refractivity contribution in [2.75, 3.05) is 26.3 Å². The van der Waals surface area contributed by atoms with Gasteiger partial charge in [0.05, 0.1) is 24.1 Å². The molecule has 156 valence electrons. The van der Waals surface area contributed by atoms with Crippen LogP contribution >= 0.6 is 11.3 Å². The highest BCUT2D eigenvalue weighted by molar-refractivity contribution is 7.13. The van der Waals surface area contributed by atoms with E-state index in [9.17, 15) is 4.79 Å². The van der Waals surface area contributed by atoms with Gasteiger partial charge in [0.25, 0.3) is 5.91 Å². The highest BCUT2D eigenvalue weighted by atomic mass is 32.1. The third-order valence-electron chi connectivity index (χ3n) is 4.99. The molecule has 8 nitrogen and oxygen atoms in total. The van der Waals surface area contributed by atoms with Gasteiger partial charge < -0.3 is 14.4 Å². The second-order valence-electron chi connectivity index (χ2n) is 7.02. The first kappa shape index (κ1) is 19.5. The van der Waals surface area contributed by atoms with Crippen molar-refractivity contribution < 1.29 is 14.3 Å². The fourth-order valence-corrected chi connectivity index (χ4v) is 4.23. The number of fused-ring (bicyclic) bond motifs is 1. The summed E-state index contributed by atoms with van der Waals surface area (Å²) in [5.41, 5.74) is 2.21. The maximum atomic E-state index is 13.0. The van der Waals surface area contributed by atoms with Crippen LogP contribution in [0.2, 0.25) is 0 Å². The number of hydrogen-bond acceptors (Lipinski definition) is 8. The normalized spacial score (nSPS) is 16.4. The number of aromatic nitrogens is 4. The molecule has 0 aliphatic carbocycles. The maximum Gasteiger partial charge on any atom is 0.273 e. The Morgan fingerprint density at radius 2 is 2.06 bits per heavy atom. The third-order valence-corrected chi connectivity index (χ3v) is 5.88. The Morgan fingerprint density at radius 1 is 1.19 bits per heavy atom. The van der Waals surface area contributed by atoms with E-state index in [1.165, 1.54) is 17.7 Å². The van der Waals surface area contributed by atoms with E-state index in [1.54, 1.807) is 22.7 Å². The summed E-state index contributed by atoms with van der Waals surface area (Å²) in [7, 11) is 0. The predicted molar refractivity (Wildman–Crippen MR) is 116 cm³/mol. The summed E-state index contributed by atoms with van der Waals surface area (Å²) in [6.45, 7) is 1.70. The van der Waals surface area contributed by atoms with E-state index in [0.717, 1.165) is 21.5 Å². The molecule has 0 N–H and O–H groups in total. The molecule has 4 aromatic rings. The lowest BCUT2D eigenvalue weighted by molar-refractivity contribution is -0.0406. The summed E-state index contributed by atoms with van der Waals surface area (Å²) < 4.78 is 11.7. The van der Waals surface area contributed by atoms with E-state index in [0.29, 0.717) is 37.9 Å². The molecule has 31 heavy (non-hydrogen) atoms. The van der Waals surface area contributed by atoms with Gasteiger partial charge in [-0.15, -0.1) is 11.3 Å². The monoisotopic (exact) mass is 433 g/mol. The first-order valence-corrected chi connectivity index (χ1v) is 10.8. The molecule has 3 aromatic heterocycles. The second kappa shape index (κ2) is 8.75. The molecular formula is C22H19N5O3S. The van der Waals surface area contributed by atoms with Crippen LogP contribution in [-0.2, 0) is 4.74 Å². The lowest BCUT2D eigenvalue weighted by atomic mass is 10.2. The topological polar surface area (TPSA) is 90.3 Å². The third kappa shape index (κ3) is 4.23. The van der Waals surface area contributed by atoms with E-state index in [2.05, 4.69) is 19.9 Å². The molecule has 1 aromatic carbocycles. The van der Waals surface area contributed by atoms with Crippen LogP contribution in [0.4, 0.5) is 0 Å². The van der Waals surface area contributed by atoms with Crippen LogP contribution in [0.25, 0.3) is 21.5 Å². The summed E-state index contributed by atoms with van der Waals surface area (Å²) in [6, 6.07) is 11.4. The molecule has 1 fully saturated rings. The summed E-state index contributed by atoms with van der Waals surface area (Å²) in [6.07, 6.45) is 4.67. The van der Waals surface area contributed by atoms with Crippen molar-refractivity contribution in [3.63, 3.8) is 0 Å². The Kier molecular flexibility index (Phi) is 5.51. The number of carbonyl (C=O) groups is 1. The van der Waals surface area contributed by atoms with Crippen molar-refractivity contribution in [3.8, 4) is 16.5 Å². The standard InChI is InChI=1S/C22H19N5O3S/c28-22(19-13-31-21(26-19)15-5-7-23-8-6-15)27-9-10-29-16(11-27)12-30-20-17-3-1-2-4-18(17)24-14-25-20/h1-8,13-14,16H,9-12H2. The fraction of sp³-hybridized carbons (Fsp3) is 0.227. The van der Waals surface area contributed by atoms with E-state index >= 15 is 0 Å². The summed E-state index contributed by atoms with van der Waals surface area (Å²) in [4.78, 5) is 31.8. The Bertz CT molecular complexity index is 1190. The molecule has 9 heteroatoms. The number of hydrogen-bond donors (Lipinski definition) is 0. The zero-order valence-corrected chi connectivity index (χ0v) is 17.4. The average Bonchev–Trinajstić information content (AvgIpc) is 3.33. The van der Waals surface area contributed by atoms with Crippen LogP contribution in [0.3, 0.4) is 0 Å². The molecule has 1 aliphatic heterocycles. The van der Waals surface area contributed by atoms with Crippen molar-refractivity contribution in [2.24, 2.45) is 0 Å². The van der Waals surface area contributed by atoms with E-state index < -0.39 is 0 Å². The van der Waals surface area contributed by atoms with Crippen LogP contribution in [0, 0.1) is 0 Å². The van der Waals surface area contributed by atoms with Gasteiger partial charge in [-0.1, -0.05) is 12.1 Å². The summed E-state index contributed by atoms with van der Waals surface area (Å²) in [5, 5.41) is 3.45. The highest BCUT2D eigenvalue weighted by Gasteiger charge is 2.27. The number of thiazole rings is 1. The molecule has 0 bridgehead atoms. The summed E-state index contributed by atoms with van der Waals surface area (Å²) in [5.74, 6) is 0.413. The maximum absolute atomic E-state index is 13.0. The minimum atomic E-state index is -0.246. The van der Waals surface area contributed by atoms with Crippen LogP contribution in [0.15, 0.2) is 60.5 Å². The molecule has 4 heterocycles. The Labute approximate surface area is 182 Å². The quantitative estimate of drug-likeness (QED) is 0.478. The summed E-state index contributed by atoms with van der Waals surface area (Å²) >= 11 is 1.45. The van der Waals surface area contributed by atoms with Crippen LogP contribution in [0.1, 0.15) is 10.5 Å². The minimum Gasteiger partial charge on any atom is -0.474 e. The smallest absolute Gasteiger partial charge is 0.273 e. The highest BCUT2D eigenvalue weighted by Crippen LogP contribution is 2.24. The van der Waals surface area contributed by atoms with Gasteiger partial charge in [0.1, 0.15) is 29.7 Å². The number of ether oxygens (including phenoxy) is 2. The van der Waals surface area contributed by atoms with Gasteiger partial charge in [0.2, 0.25) is 5.88 Å². The van der Waals surface area contributed by atoms with E-state index in [-0.39, 0.29) is 12.0 Å². The largest absolute Gasteiger partial charge is 0.474 e. The zero-order valence-electron chi connectivity index (χ0n) is 16.5. The van der Waals surface area contributed by atoms with Gasteiger partial charge in [-0.05, 0) is 24.3 Å². The lowest BCUT2D eigenvalue weighted by Gasteiger charge is -2.32. The van der Waals surface area contributed by atoms with E-state index in [1.807, 2.05) is 36.4 Å². The lowest BCUT2D eigenvalue weighted by Crippen LogP contribution is -2.47. The number of nitrogens with zero attached hydrogens (tertiary/aromatic N) is 5. The SMILES string of the molecule is O=C(c1csc(-c2ccncc2)n1)N1CCOC(COc2ncnc3ccccc23)C1. The van der Waals surface area contributed by atoms with Gasteiger partial charge in [-0.25, -0.2) is 15.0 Å². The van der Waals surface area contributed by atoms with Crippen LogP contribution in [0.5, 0.6) is 5.88 Å². The first-order valence-electron chi connectivity index (χ1n) is 9.87. The molecule has 0 spiro atoms. The fourth-order valence-electron chi connectivity index (χ4n) is 3.43. The molecule has 1 unspecified atom stereocenters. The molecule has 0 saturated carbocycles. The first-order chi connectivity index (χ1) is 15.3. The van der Waals surface area contributed by atoms with Gasteiger partial charge in [-0.3, -0.25) is 9.78 Å². The minimum absolute atomic E-state index is 0.0997. The van der Waals surface area contributed by atoms with Gasteiger partial charge in [0, 0.05) is 29.9 Å². The molecule has 1 aliphatic rings. The zero-order chi connectivity index (χ0) is 21.0. The van der Waals surface area contributed by atoms with Crippen molar-refractivity contribution in [3.05, 3.63) is 66.2 Å². The van der Waals surface area contributed by atoms with E-state index in [4.69, 9.17) is 9.47 Å². The average molecular weight is 433 g/mol. The van der Waals surface area contributed by atoms with Crippen molar-refractivity contribution >= 4 is 28.1 Å². The molecule has 0 radical (unpaired) electrons. The number of amides is 1.